The molecule has 7 nitrogen and oxygen atoms in total. The molecule has 1 fully saturated rings. The van der Waals surface area contributed by atoms with Crippen LogP contribution in [0.2, 0.25) is 0 Å². The topological polar surface area (TPSA) is 64.8 Å². The SMILES string of the molecule is COCc1cc(N2CCOC(c3ccc(C(F)(F)F)cc3)C2)n2ncnc2n1. The summed E-state index contributed by atoms with van der Waals surface area (Å²) in [4.78, 5) is 10.6. The molecule has 0 amide bonds. The predicted molar refractivity (Wildman–Crippen MR) is 93.8 cm³/mol. The van der Waals surface area contributed by atoms with Gasteiger partial charge in [0, 0.05) is 26.3 Å². The molecule has 0 saturated carbocycles. The molecular formula is C18H18F3N5O2. The van der Waals surface area contributed by atoms with Gasteiger partial charge in [-0.2, -0.15) is 27.8 Å². The summed E-state index contributed by atoms with van der Waals surface area (Å²) < 4.78 is 51.0. The Morgan fingerprint density at radius 3 is 2.75 bits per heavy atom. The third kappa shape index (κ3) is 3.65. The zero-order chi connectivity index (χ0) is 19.7. The number of morpholine rings is 1. The molecule has 28 heavy (non-hydrogen) atoms. The van der Waals surface area contributed by atoms with Gasteiger partial charge in [-0.05, 0) is 17.7 Å². The number of rotatable bonds is 4. The minimum absolute atomic E-state index is 0.336. The summed E-state index contributed by atoms with van der Waals surface area (Å²) in [5.41, 5.74) is 0.737. The van der Waals surface area contributed by atoms with Crippen molar-refractivity contribution in [3.8, 4) is 0 Å². The number of fused-ring (bicyclic) bond motifs is 1. The molecule has 1 aromatic carbocycles. The average molecular weight is 393 g/mol. The van der Waals surface area contributed by atoms with E-state index >= 15 is 0 Å². The minimum atomic E-state index is -4.36. The lowest BCUT2D eigenvalue weighted by molar-refractivity contribution is -0.137. The van der Waals surface area contributed by atoms with Crippen molar-refractivity contribution in [2.24, 2.45) is 0 Å². The molecule has 4 rings (SSSR count). The second-order valence-corrected chi connectivity index (χ2v) is 6.44. The molecule has 1 unspecified atom stereocenters. The number of alkyl halides is 3. The van der Waals surface area contributed by atoms with Gasteiger partial charge in [-0.3, -0.25) is 0 Å². The highest BCUT2D eigenvalue weighted by Crippen LogP contribution is 2.32. The maximum absolute atomic E-state index is 12.8. The van der Waals surface area contributed by atoms with Crippen molar-refractivity contribution in [3.05, 3.63) is 53.5 Å². The molecule has 3 aromatic rings. The van der Waals surface area contributed by atoms with Crippen LogP contribution in [0.1, 0.15) is 22.9 Å². The van der Waals surface area contributed by atoms with Crippen molar-refractivity contribution in [1.29, 1.82) is 0 Å². The Labute approximate surface area is 158 Å². The molecule has 0 radical (unpaired) electrons. The van der Waals surface area contributed by atoms with Crippen LogP contribution in [-0.4, -0.2) is 46.4 Å². The van der Waals surface area contributed by atoms with E-state index in [-0.39, 0.29) is 6.10 Å². The van der Waals surface area contributed by atoms with Gasteiger partial charge < -0.3 is 14.4 Å². The summed E-state index contributed by atoms with van der Waals surface area (Å²) in [5, 5.41) is 4.23. The van der Waals surface area contributed by atoms with Gasteiger partial charge in [-0.1, -0.05) is 12.1 Å². The van der Waals surface area contributed by atoms with Crippen molar-refractivity contribution >= 4 is 11.6 Å². The van der Waals surface area contributed by atoms with E-state index in [1.54, 1.807) is 11.6 Å². The molecular weight excluding hydrogens is 375 g/mol. The Morgan fingerprint density at radius 1 is 1.25 bits per heavy atom. The van der Waals surface area contributed by atoms with Gasteiger partial charge in [-0.25, -0.2) is 4.98 Å². The van der Waals surface area contributed by atoms with Crippen LogP contribution >= 0.6 is 0 Å². The molecule has 1 aliphatic heterocycles. The lowest BCUT2D eigenvalue weighted by Crippen LogP contribution is -2.39. The van der Waals surface area contributed by atoms with Gasteiger partial charge in [0.2, 0.25) is 0 Å². The number of nitrogens with zero attached hydrogens (tertiary/aromatic N) is 5. The predicted octanol–water partition coefficient (Wildman–Crippen LogP) is 2.87. The second-order valence-electron chi connectivity index (χ2n) is 6.44. The molecule has 0 aliphatic carbocycles. The number of hydrogen-bond acceptors (Lipinski definition) is 6. The normalized spacial score (nSPS) is 18.0. The molecule has 10 heteroatoms. The zero-order valence-electron chi connectivity index (χ0n) is 15.1. The van der Waals surface area contributed by atoms with Crippen LogP contribution < -0.4 is 4.90 Å². The van der Waals surface area contributed by atoms with E-state index in [9.17, 15) is 13.2 Å². The first-order valence-electron chi connectivity index (χ1n) is 8.68. The van der Waals surface area contributed by atoms with Gasteiger partial charge in [0.15, 0.2) is 0 Å². The van der Waals surface area contributed by atoms with E-state index in [1.165, 1.54) is 18.5 Å². The number of aromatic nitrogens is 4. The fourth-order valence-electron chi connectivity index (χ4n) is 3.24. The lowest BCUT2D eigenvalue weighted by Gasteiger charge is -2.34. The highest BCUT2D eigenvalue weighted by molar-refractivity contribution is 5.48. The smallest absolute Gasteiger partial charge is 0.378 e. The van der Waals surface area contributed by atoms with E-state index < -0.39 is 11.7 Å². The molecule has 0 N–H and O–H groups in total. The summed E-state index contributed by atoms with van der Waals surface area (Å²) >= 11 is 0. The molecule has 148 valence electrons. The van der Waals surface area contributed by atoms with Crippen LogP contribution in [0.25, 0.3) is 5.78 Å². The van der Waals surface area contributed by atoms with Crippen molar-refractivity contribution in [2.75, 3.05) is 31.7 Å². The molecule has 1 atom stereocenters. The molecule has 2 aromatic heterocycles. The lowest BCUT2D eigenvalue weighted by atomic mass is 10.1. The fraction of sp³-hybridized carbons (Fsp3) is 0.389. The van der Waals surface area contributed by atoms with E-state index in [0.29, 0.717) is 37.6 Å². The van der Waals surface area contributed by atoms with Crippen LogP contribution in [-0.2, 0) is 22.3 Å². The summed E-state index contributed by atoms with van der Waals surface area (Å²) in [7, 11) is 1.59. The largest absolute Gasteiger partial charge is 0.416 e. The van der Waals surface area contributed by atoms with Gasteiger partial charge in [0.05, 0.1) is 24.5 Å². The number of hydrogen-bond donors (Lipinski definition) is 0. The average Bonchev–Trinajstić information content (AvgIpc) is 3.16. The quantitative estimate of drug-likeness (QED) is 0.679. The van der Waals surface area contributed by atoms with Gasteiger partial charge in [-0.15, -0.1) is 0 Å². The van der Waals surface area contributed by atoms with Crippen molar-refractivity contribution in [1.82, 2.24) is 19.6 Å². The monoisotopic (exact) mass is 393 g/mol. The molecule has 1 aliphatic rings. The first-order valence-corrected chi connectivity index (χ1v) is 8.68. The summed E-state index contributed by atoms with van der Waals surface area (Å²) in [6.07, 6.45) is -3.28. The Hall–Kier alpha value is -2.72. The van der Waals surface area contributed by atoms with E-state index in [0.717, 1.165) is 23.6 Å². The van der Waals surface area contributed by atoms with Crippen molar-refractivity contribution in [3.63, 3.8) is 0 Å². The van der Waals surface area contributed by atoms with Gasteiger partial charge in [0.1, 0.15) is 18.2 Å². The maximum Gasteiger partial charge on any atom is 0.416 e. The molecule has 3 heterocycles. The van der Waals surface area contributed by atoms with Crippen LogP contribution in [0.3, 0.4) is 0 Å². The number of methoxy groups -OCH3 is 1. The summed E-state index contributed by atoms with van der Waals surface area (Å²) in [6.45, 7) is 1.85. The van der Waals surface area contributed by atoms with Crippen LogP contribution in [0, 0.1) is 0 Å². The van der Waals surface area contributed by atoms with Gasteiger partial charge in [0.25, 0.3) is 5.78 Å². The number of anilines is 1. The van der Waals surface area contributed by atoms with Crippen LogP contribution in [0.15, 0.2) is 36.7 Å². The molecule has 0 bridgehead atoms. The zero-order valence-corrected chi connectivity index (χ0v) is 15.1. The van der Waals surface area contributed by atoms with Crippen molar-refractivity contribution in [2.45, 2.75) is 18.9 Å². The van der Waals surface area contributed by atoms with E-state index in [4.69, 9.17) is 9.47 Å². The molecule has 0 spiro atoms. The van der Waals surface area contributed by atoms with Gasteiger partial charge >= 0.3 is 6.18 Å². The molecule has 1 saturated heterocycles. The number of halogens is 3. The Morgan fingerprint density at radius 2 is 2.04 bits per heavy atom. The fourth-order valence-corrected chi connectivity index (χ4v) is 3.24. The third-order valence-electron chi connectivity index (χ3n) is 4.58. The highest BCUT2D eigenvalue weighted by atomic mass is 19.4. The number of ether oxygens (including phenoxy) is 2. The standard InChI is InChI=1S/C18H18F3N5O2/c1-27-10-14-8-16(26-17(24-14)22-11-23-26)25-6-7-28-15(9-25)12-2-4-13(5-3-12)18(19,20)21/h2-5,8,11,15H,6-7,9-10H2,1H3. The van der Waals surface area contributed by atoms with E-state index in [1.807, 2.05) is 6.07 Å². The number of benzene rings is 1. The van der Waals surface area contributed by atoms with Crippen LogP contribution in [0.5, 0.6) is 0 Å². The minimum Gasteiger partial charge on any atom is -0.378 e. The van der Waals surface area contributed by atoms with E-state index in [2.05, 4.69) is 20.0 Å². The summed E-state index contributed by atoms with van der Waals surface area (Å²) in [6, 6.07) is 6.96. The maximum atomic E-state index is 12.8. The van der Waals surface area contributed by atoms with Crippen molar-refractivity contribution < 1.29 is 22.6 Å². The highest BCUT2D eigenvalue weighted by Gasteiger charge is 2.31. The summed E-state index contributed by atoms with van der Waals surface area (Å²) in [5.74, 6) is 1.25. The van der Waals surface area contributed by atoms with Crippen LogP contribution in [0.4, 0.5) is 19.0 Å². The second kappa shape index (κ2) is 7.36. The third-order valence-corrected chi connectivity index (χ3v) is 4.58. The Balaban J connectivity index is 1.60. The first kappa shape index (κ1) is 18.6. The Bertz CT molecular complexity index is 958. The first-order chi connectivity index (χ1) is 13.5. The Kier molecular flexibility index (Phi) is 4.90.